The van der Waals surface area contributed by atoms with Crippen LogP contribution in [0.1, 0.15) is 29.5 Å². The van der Waals surface area contributed by atoms with Gasteiger partial charge in [-0.2, -0.15) is 0 Å². The Kier molecular flexibility index (Phi) is 5.99. The fourth-order valence-corrected chi connectivity index (χ4v) is 2.75. The number of nitrogens with two attached hydrogens (primary N) is 2. The topological polar surface area (TPSA) is 61.3 Å². The minimum atomic E-state index is 0.315. The molecule has 1 unspecified atom stereocenters. The minimum Gasteiger partial charge on any atom is -0.489 e. The zero-order chi connectivity index (χ0) is 15.9. The fraction of sp³-hybridized carbons (Fsp3) is 0.368. The van der Waals surface area contributed by atoms with Crippen LogP contribution in [0, 0.1) is 12.8 Å². The van der Waals surface area contributed by atoms with Crippen LogP contribution < -0.4 is 16.2 Å². The Morgan fingerprint density at radius 2 is 1.68 bits per heavy atom. The normalized spacial score (nSPS) is 12.4. The smallest absolute Gasteiger partial charge is 0.120 e. The Morgan fingerprint density at radius 1 is 1.00 bits per heavy atom. The summed E-state index contributed by atoms with van der Waals surface area (Å²) in [5.41, 5.74) is 15.3. The van der Waals surface area contributed by atoms with Crippen molar-refractivity contribution in [2.45, 2.75) is 26.4 Å². The van der Waals surface area contributed by atoms with E-state index >= 15 is 0 Å². The molecule has 2 rings (SSSR count). The lowest BCUT2D eigenvalue weighted by Gasteiger charge is -2.23. The van der Waals surface area contributed by atoms with Crippen LogP contribution in [0.3, 0.4) is 0 Å². The van der Waals surface area contributed by atoms with Crippen LogP contribution in [0.5, 0.6) is 5.75 Å². The molecule has 0 spiro atoms. The summed E-state index contributed by atoms with van der Waals surface area (Å²) in [4.78, 5) is 0. The standard InChI is InChI=1S/C19H26N2O/c1-14-10-18(22-13-16-6-4-3-5-7-16)8-9-19(14)15(2)17(11-20)12-21/h3-10,15,17H,11-13,20-21H2,1-2H3. The van der Waals surface area contributed by atoms with E-state index in [9.17, 15) is 0 Å². The van der Waals surface area contributed by atoms with E-state index in [1.165, 1.54) is 16.7 Å². The van der Waals surface area contributed by atoms with Crippen molar-refractivity contribution in [3.8, 4) is 5.75 Å². The van der Waals surface area contributed by atoms with Gasteiger partial charge in [0, 0.05) is 0 Å². The Balaban J connectivity index is 2.06. The summed E-state index contributed by atoms with van der Waals surface area (Å²) >= 11 is 0. The van der Waals surface area contributed by atoms with Crippen molar-refractivity contribution < 1.29 is 4.74 Å². The van der Waals surface area contributed by atoms with Gasteiger partial charge in [0.2, 0.25) is 0 Å². The third-order valence-corrected chi connectivity index (χ3v) is 4.29. The van der Waals surface area contributed by atoms with Gasteiger partial charge in [-0.05, 0) is 60.7 Å². The molecule has 0 amide bonds. The molecule has 1 atom stereocenters. The number of hydrogen-bond donors (Lipinski definition) is 2. The molecule has 2 aromatic carbocycles. The second-order valence-electron chi connectivity index (χ2n) is 5.81. The van der Waals surface area contributed by atoms with Crippen molar-refractivity contribution in [1.82, 2.24) is 0 Å². The molecule has 0 aliphatic heterocycles. The van der Waals surface area contributed by atoms with Gasteiger partial charge < -0.3 is 16.2 Å². The molecular formula is C19H26N2O. The highest BCUT2D eigenvalue weighted by molar-refractivity contribution is 5.37. The summed E-state index contributed by atoms with van der Waals surface area (Å²) in [5, 5.41) is 0. The van der Waals surface area contributed by atoms with Crippen LogP contribution in [0.25, 0.3) is 0 Å². The molecule has 0 saturated carbocycles. The van der Waals surface area contributed by atoms with Crippen molar-refractivity contribution in [3.05, 3.63) is 65.2 Å². The number of aryl methyl sites for hydroxylation is 1. The maximum atomic E-state index is 5.87. The lowest BCUT2D eigenvalue weighted by atomic mass is 9.85. The third kappa shape index (κ3) is 4.09. The fourth-order valence-electron chi connectivity index (χ4n) is 2.75. The molecule has 0 aliphatic carbocycles. The molecule has 2 aromatic rings. The molecule has 4 N–H and O–H groups in total. The van der Waals surface area contributed by atoms with Crippen LogP contribution >= 0.6 is 0 Å². The van der Waals surface area contributed by atoms with Crippen molar-refractivity contribution in [1.29, 1.82) is 0 Å². The molecule has 0 aliphatic rings. The van der Waals surface area contributed by atoms with Crippen LogP contribution in [0.15, 0.2) is 48.5 Å². The van der Waals surface area contributed by atoms with Gasteiger partial charge in [0.15, 0.2) is 0 Å². The summed E-state index contributed by atoms with van der Waals surface area (Å²) in [6.07, 6.45) is 0. The number of rotatable bonds is 7. The van der Waals surface area contributed by atoms with Gasteiger partial charge in [0.1, 0.15) is 12.4 Å². The molecule has 22 heavy (non-hydrogen) atoms. The second-order valence-corrected chi connectivity index (χ2v) is 5.81. The average Bonchev–Trinajstić information content (AvgIpc) is 2.55. The molecule has 0 fully saturated rings. The Hall–Kier alpha value is -1.84. The third-order valence-electron chi connectivity index (χ3n) is 4.29. The zero-order valence-electron chi connectivity index (χ0n) is 13.5. The Morgan fingerprint density at radius 3 is 2.27 bits per heavy atom. The molecule has 0 heterocycles. The molecular weight excluding hydrogens is 272 g/mol. The zero-order valence-corrected chi connectivity index (χ0v) is 13.5. The van der Waals surface area contributed by atoms with E-state index in [-0.39, 0.29) is 0 Å². The van der Waals surface area contributed by atoms with E-state index in [2.05, 4.69) is 38.1 Å². The van der Waals surface area contributed by atoms with Gasteiger partial charge in [-0.25, -0.2) is 0 Å². The van der Waals surface area contributed by atoms with Gasteiger partial charge >= 0.3 is 0 Å². The Bertz CT molecular complexity index is 579. The first-order chi connectivity index (χ1) is 10.7. The highest BCUT2D eigenvalue weighted by atomic mass is 16.5. The molecule has 0 saturated heterocycles. The van der Waals surface area contributed by atoms with Gasteiger partial charge in [0.05, 0.1) is 0 Å². The van der Waals surface area contributed by atoms with Gasteiger partial charge in [-0.3, -0.25) is 0 Å². The van der Waals surface area contributed by atoms with E-state index in [1.54, 1.807) is 0 Å². The van der Waals surface area contributed by atoms with Crippen LogP contribution in [-0.4, -0.2) is 13.1 Å². The van der Waals surface area contributed by atoms with E-state index < -0.39 is 0 Å². The molecule has 0 bridgehead atoms. The van der Waals surface area contributed by atoms with E-state index in [1.807, 2.05) is 24.3 Å². The maximum absolute atomic E-state index is 5.87. The first-order valence-corrected chi connectivity index (χ1v) is 7.83. The van der Waals surface area contributed by atoms with Crippen LogP contribution in [0.4, 0.5) is 0 Å². The number of ether oxygens (including phenoxy) is 1. The summed E-state index contributed by atoms with van der Waals surface area (Å²) in [6, 6.07) is 16.5. The predicted octanol–water partition coefficient (Wildman–Crippen LogP) is 3.21. The maximum Gasteiger partial charge on any atom is 0.120 e. The lowest BCUT2D eigenvalue weighted by Crippen LogP contribution is -2.28. The molecule has 118 valence electrons. The highest BCUT2D eigenvalue weighted by Gasteiger charge is 2.18. The predicted molar refractivity (Wildman–Crippen MR) is 92.0 cm³/mol. The summed E-state index contributed by atoms with van der Waals surface area (Å²) in [7, 11) is 0. The van der Waals surface area contributed by atoms with Crippen molar-refractivity contribution in [2.24, 2.45) is 17.4 Å². The van der Waals surface area contributed by atoms with E-state index in [0.717, 1.165) is 5.75 Å². The Labute approximate surface area is 133 Å². The SMILES string of the molecule is Cc1cc(OCc2ccccc2)ccc1C(C)C(CN)CN. The van der Waals surface area contributed by atoms with Crippen molar-refractivity contribution in [3.63, 3.8) is 0 Å². The average molecular weight is 298 g/mol. The first-order valence-electron chi connectivity index (χ1n) is 7.83. The summed E-state index contributed by atoms with van der Waals surface area (Å²) < 4.78 is 5.87. The van der Waals surface area contributed by atoms with Gasteiger partial charge in [-0.1, -0.05) is 43.3 Å². The molecule has 3 heteroatoms. The van der Waals surface area contributed by atoms with Gasteiger partial charge in [-0.15, -0.1) is 0 Å². The van der Waals surface area contributed by atoms with Crippen LogP contribution in [-0.2, 0) is 6.61 Å². The summed E-state index contributed by atoms with van der Waals surface area (Å²) in [5.74, 6) is 1.57. The number of benzene rings is 2. The minimum absolute atomic E-state index is 0.315. The van der Waals surface area contributed by atoms with E-state index in [0.29, 0.717) is 31.5 Å². The highest BCUT2D eigenvalue weighted by Crippen LogP contribution is 2.28. The quantitative estimate of drug-likeness (QED) is 0.825. The van der Waals surface area contributed by atoms with Crippen molar-refractivity contribution >= 4 is 0 Å². The molecule has 3 nitrogen and oxygen atoms in total. The monoisotopic (exact) mass is 298 g/mol. The lowest BCUT2D eigenvalue weighted by molar-refractivity contribution is 0.306. The molecule has 0 aromatic heterocycles. The van der Waals surface area contributed by atoms with Crippen LogP contribution in [0.2, 0.25) is 0 Å². The largest absolute Gasteiger partial charge is 0.489 e. The second kappa shape index (κ2) is 7.97. The first kappa shape index (κ1) is 16.5. The van der Waals surface area contributed by atoms with Gasteiger partial charge in [0.25, 0.3) is 0 Å². The molecule has 0 radical (unpaired) electrons. The van der Waals surface area contributed by atoms with E-state index in [4.69, 9.17) is 16.2 Å². The van der Waals surface area contributed by atoms with Crippen molar-refractivity contribution in [2.75, 3.05) is 13.1 Å². The number of hydrogen-bond acceptors (Lipinski definition) is 3. The summed E-state index contributed by atoms with van der Waals surface area (Å²) in [6.45, 7) is 6.12.